The molecule has 148 valence electrons. The maximum Gasteiger partial charge on any atom is 0.435 e. The number of anilines is 4. The highest BCUT2D eigenvalue weighted by atomic mass is 32.2. The first-order chi connectivity index (χ1) is 13.2. The van der Waals surface area contributed by atoms with Crippen LogP contribution in [0.25, 0.3) is 5.82 Å². The summed E-state index contributed by atoms with van der Waals surface area (Å²) in [5.41, 5.74) is 18.6. The van der Waals surface area contributed by atoms with E-state index in [0.29, 0.717) is 4.90 Å². The molecule has 0 saturated carbocycles. The van der Waals surface area contributed by atoms with Crippen molar-refractivity contribution < 1.29 is 13.2 Å². The molecule has 3 rings (SSSR count). The van der Waals surface area contributed by atoms with Crippen molar-refractivity contribution >= 4 is 34.9 Å². The molecule has 9 nitrogen and oxygen atoms in total. The topological polar surface area (TPSA) is 160 Å². The molecule has 0 aliphatic rings. The van der Waals surface area contributed by atoms with Crippen molar-refractivity contribution in [2.45, 2.75) is 16.8 Å². The van der Waals surface area contributed by atoms with Crippen LogP contribution in [0.4, 0.5) is 36.3 Å². The van der Waals surface area contributed by atoms with E-state index in [0.717, 1.165) is 16.4 Å². The fourth-order valence-electron chi connectivity index (χ4n) is 2.41. The summed E-state index contributed by atoms with van der Waals surface area (Å²) < 4.78 is 41.4. The van der Waals surface area contributed by atoms with Crippen LogP contribution in [0.3, 0.4) is 0 Å². The van der Waals surface area contributed by atoms with Gasteiger partial charge in [0.1, 0.15) is 17.3 Å². The predicted octanol–water partition coefficient (Wildman–Crippen LogP) is 2.01. The molecule has 0 aliphatic carbocycles. The minimum atomic E-state index is -4.65. The first-order valence-electron chi connectivity index (χ1n) is 7.73. The van der Waals surface area contributed by atoms with Gasteiger partial charge in [-0.25, -0.2) is 14.6 Å². The molecule has 0 spiro atoms. The molecule has 0 radical (unpaired) electrons. The standard InChI is InChI=1S/C15H16F3N9S/c16-15(17,18)13-7(5-27(26-13)11-3-1-2-9(19)23-11)6-28-8-4-10(20)24-14(21)12(8)25-22/h1-5,25H,6,22H2,(H2,19,23)(H4,20,21,24). The number of aromatic nitrogens is 4. The van der Waals surface area contributed by atoms with Gasteiger partial charge >= 0.3 is 6.18 Å². The van der Waals surface area contributed by atoms with Gasteiger partial charge in [0.2, 0.25) is 0 Å². The fourth-order valence-corrected chi connectivity index (χ4v) is 3.45. The van der Waals surface area contributed by atoms with E-state index in [1.807, 2.05) is 0 Å². The van der Waals surface area contributed by atoms with Crippen molar-refractivity contribution in [3.8, 4) is 5.82 Å². The molecule has 0 fully saturated rings. The second-order valence-corrected chi connectivity index (χ2v) is 6.62. The summed E-state index contributed by atoms with van der Waals surface area (Å²) in [6.45, 7) is 0. The Balaban J connectivity index is 1.96. The molecule has 0 unspecified atom stereocenters. The Labute approximate surface area is 161 Å². The lowest BCUT2D eigenvalue weighted by molar-refractivity contribution is -0.141. The molecular weight excluding hydrogens is 395 g/mol. The van der Waals surface area contributed by atoms with Crippen molar-refractivity contribution in [2.75, 3.05) is 22.6 Å². The van der Waals surface area contributed by atoms with E-state index in [1.54, 1.807) is 6.07 Å². The van der Waals surface area contributed by atoms with Crippen LogP contribution in [-0.2, 0) is 11.9 Å². The first kappa shape index (κ1) is 19.6. The lowest BCUT2D eigenvalue weighted by atomic mass is 10.3. The SMILES string of the molecule is NNc1c(SCc2cn(-c3cccc(N)n3)nc2C(F)(F)F)cc(N)nc1N. The summed E-state index contributed by atoms with van der Waals surface area (Å²) in [5, 5.41) is 3.64. The molecule has 0 amide bonds. The van der Waals surface area contributed by atoms with Gasteiger partial charge in [0.15, 0.2) is 17.3 Å². The lowest BCUT2D eigenvalue weighted by Crippen LogP contribution is -2.12. The van der Waals surface area contributed by atoms with E-state index >= 15 is 0 Å². The summed E-state index contributed by atoms with van der Waals surface area (Å²) in [4.78, 5) is 8.29. The largest absolute Gasteiger partial charge is 0.435 e. The van der Waals surface area contributed by atoms with Crippen LogP contribution < -0.4 is 28.5 Å². The number of rotatable bonds is 5. The van der Waals surface area contributed by atoms with Gasteiger partial charge in [0.05, 0.1) is 0 Å². The number of nitrogens with zero attached hydrogens (tertiary/aromatic N) is 4. The van der Waals surface area contributed by atoms with Crippen LogP contribution in [0.2, 0.25) is 0 Å². The number of alkyl halides is 3. The Hall–Kier alpha value is -3.19. The zero-order valence-electron chi connectivity index (χ0n) is 14.2. The summed E-state index contributed by atoms with van der Waals surface area (Å²) >= 11 is 1.05. The van der Waals surface area contributed by atoms with Gasteiger partial charge in [0.25, 0.3) is 0 Å². The third kappa shape index (κ3) is 4.04. The van der Waals surface area contributed by atoms with E-state index in [2.05, 4.69) is 20.5 Å². The first-order valence-corrected chi connectivity index (χ1v) is 8.71. The van der Waals surface area contributed by atoms with Gasteiger partial charge in [-0.15, -0.1) is 11.8 Å². The van der Waals surface area contributed by atoms with Crippen molar-refractivity contribution in [3.63, 3.8) is 0 Å². The zero-order chi connectivity index (χ0) is 20.5. The van der Waals surface area contributed by atoms with E-state index in [1.165, 1.54) is 24.4 Å². The quantitative estimate of drug-likeness (QED) is 0.240. The number of halogens is 3. The number of nitrogens with two attached hydrogens (primary N) is 4. The molecule has 3 aromatic heterocycles. The fraction of sp³-hybridized carbons (Fsp3) is 0.133. The summed E-state index contributed by atoms with van der Waals surface area (Å²) in [6.07, 6.45) is -3.40. The van der Waals surface area contributed by atoms with Crippen molar-refractivity contribution in [1.29, 1.82) is 0 Å². The molecule has 9 N–H and O–H groups in total. The number of hydrogen-bond donors (Lipinski definition) is 5. The molecule has 0 aromatic carbocycles. The average molecular weight is 411 g/mol. The maximum atomic E-state index is 13.4. The summed E-state index contributed by atoms with van der Waals surface area (Å²) in [7, 11) is 0. The van der Waals surface area contributed by atoms with E-state index in [4.69, 9.17) is 23.0 Å². The average Bonchev–Trinajstić information content (AvgIpc) is 3.04. The van der Waals surface area contributed by atoms with Gasteiger partial charge in [-0.1, -0.05) is 6.07 Å². The normalized spacial score (nSPS) is 11.6. The number of pyridine rings is 2. The maximum absolute atomic E-state index is 13.4. The van der Waals surface area contributed by atoms with Gasteiger partial charge in [0, 0.05) is 22.4 Å². The third-order valence-corrected chi connectivity index (χ3v) is 4.70. The highest BCUT2D eigenvalue weighted by Crippen LogP contribution is 2.37. The number of thioether (sulfide) groups is 1. The Morgan fingerprint density at radius 3 is 2.50 bits per heavy atom. The summed E-state index contributed by atoms with van der Waals surface area (Å²) in [5.74, 6) is 5.85. The lowest BCUT2D eigenvalue weighted by Gasteiger charge is -2.12. The summed E-state index contributed by atoms with van der Waals surface area (Å²) in [6, 6.07) is 6.06. The minimum absolute atomic E-state index is 0.0423. The Bertz CT molecular complexity index is 1000. The number of hydrazine groups is 1. The van der Waals surface area contributed by atoms with Crippen molar-refractivity contribution in [1.82, 2.24) is 19.7 Å². The van der Waals surface area contributed by atoms with Crippen LogP contribution in [0.5, 0.6) is 0 Å². The minimum Gasteiger partial charge on any atom is -0.384 e. The van der Waals surface area contributed by atoms with Gasteiger partial charge in [-0.2, -0.15) is 18.3 Å². The van der Waals surface area contributed by atoms with Gasteiger partial charge in [-0.05, 0) is 18.2 Å². The molecular formula is C15H16F3N9S. The highest BCUT2D eigenvalue weighted by Gasteiger charge is 2.37. The Morgan fingerprint density at radius 2 is 1.86 bits per heavy atom. The monoisotopic (exact) mass is 411 g/mol. The number of hydrogen-bond acceptors (Lipinski definition) is 9. The van der Waals surface area contributed by atoms with Crippen LogP contribution in [0, 0.1) is 0 Å². The number of nitrogen functional groups attached to an aromatic ring is 4. The van der Waals surface area contributed by atoms with Crippen molar-refractivity contribution in [3.05, 3.63) is 41.7 Å². The van der Waals surface area contributed by atoms with E-state index in [-0.39, 0.29) is 40.3 Å². The van der Waals surface area contributed by atoms with Crippen LogP contribution in [-0.4, -0.2) is 19.7 Å². The van der Waals surface area contributed by atoms with Crippen LogP contribution in [0.1, 0.15) is 11.3 Å². The van der Waals surface area contributed by atoms with E-state index in [9.17, 15) is 13.2 Å². The third-order valence-electron chi connectivity index (χ3n) is 3.61. The zero-order valence-corrected chi connectivity index (χ0v) is 15.1. The molecule has 0 bridgehead atoms. The highest BCUT2D eigenvalue weighted by molar-refractivity contribution is 7.98. The van der Waals surface area contributed by atoms with E-state index < -0.39 is 11.9 Å². The smallest absolute Gasteiger partial charge is 0.384 e. The van der Waals surface area contributed by atoms with Crippen LogP contribution >= 0.6 is 11.8 Å². The molecule has 0 aliphatic heterocycles. The second-order valence-electron chi connectivity index (χ2n) is 5.60. The molecule has 3 aromatic rings. The predicted molar refractivity (Wildman–Crippen MR) is 101 cm³/mol. The second kappa shape index (κ2) is 7.44. The molecule has 0 atom stereocenters. The molecule has 3 heterocycles. The van der Waals surface area contributed by atoms with Crippen molar-refractivity contribution in [2.24, 2.45) is 5.84 Å². The number of nitrogens with one attached hydrogen (secondary N) is 1. The molecule has 28 heavy (non-hydrogen) atoms. The Kier molecular flexibility index (Phi) is 5.20. The Morgan fingerprint density at radius 1 is 1.11 bits per heavy atom. The van der Waals surface area contributed by atoms with Gasteiger partial charge < -0.3 is 22.6 Å². The van der Waals surface area contributed by atoms with Crippen LogP contribution in [0.15, 0.2) is 35.4 Å². The molecule has 0 saturated heterocycles. The molecule has 13 heteroatoms. The van der Waals surface area contributed by atoms with Gasteiger partial charge in [-0.3, -0.25) is 5.84 Å².